The van der Waals surface area contributed by atoms with Gasteiger partial charge in [-0.05, 0) is 24.6 Å². The smallest absolute Gasteiger partial charge is 0.337 e. The number of fused-ring (bicyclic) bond motifs is 1. The van der Waals surface area contributed by atoms with Gasteiger partial charge in [0.1, 0.15) is 5.82 Å². The lowest BCUT2D eigenvalue weighted by molar-refractivity contribution is 0.0601. The predicted molar refractivity (Wildman–Crippen MR) is 104 cm³/mol. The molecule has 2 heterocycles. The molecule has 3 rings (SSSR count). The maximum Gasteiger partial charge on any atom is 0.337 e. The second kappa shape index (κ2) is 8.65. The van der Waals surface area contributed by atoms with Crippen molar-refractivity contribution in [2.24, 2.45) is 0 Å². The number of carbonyl (C=O) groups is 1. The van der Waals surface area contributed by atoms with Crippen LogP contribution < -0.4 is 5.56 Å². The maximum atomic E-state index is 12.2. The minimum atomic E-state index is -0.462. The third-order valence-electron chi connectivity index (χ3n) is 3.33. The van der Waals surface area contributed by atoms with Crippen LogP contribution in [0.1, 0.15) is 29.5 Å². The Balaban J connectivity index is 1.78. The lowest BCUT2D eigenvalue weighted by atomic mass is 10.1. The summed E-state index contributed by atoms with van der Waals surface area (Å²) in [5.74, 6) is 1.53. The van der Waals surface area contributed by atoms with E-state index in [1.54, 1.807) is 30.0 Å². The summed E-state index contributed by atoms with van der Waals surface area (Å²) in [5.41, 5.74) is 0.584. The van der Waals surface area contributed by atoms with E-state index in [0.717, 1.165) is 20.9 Å². The molecule has 2 aromatic heterocycles. The summed E-state index contributed by atoms with van der Waals surface area (Å²) in [6, 6.07) is 4.69. The van der Waals surface area contributed by atoms with E-state index in [1.807, 2.05) is 0 Å². The number of rotatable bonds is 7. The van der Waals surface area contributed by atoms with Crippen LogP contribution in [0, 0.1) is 0 Å². The van der Waals surface area contributed by atoms with Gasteiger partial charge >= 0.3 is 5.97 Å². The van der Waals surface area contributed by atoms with Crippen molar-refractivity contribution >= 4 is 51.7 Å². The molecule has 0 spiro atoms. The highest BCUT2D eigenvalue weighted by molar-refractivity contribution is 8.02. The average molecular weight is 409 g/mol. The average Bonchev–Trinajstić information content (AvgIpc) is 3.11. The fourth-order valence-corrected chi connectivity index (χ4v) is 4.95. The highest BCUT2D eigenvalue weighted by Gasteiger charge is 2.11. The number of aromatic nitrogens is 4. The monoisotopic (exact) mass is 408 g/mol. The molecule has 136 valence electrons. The number of methoxy groups -OCH3 is 1. The highest BCUT2D eigenvalue weighted by Crippen LogP contribution is 2.30. The third-order valence-corrected chi connectivity index (χ3v) is 6.73. The summed E-state index contributed by atoms with van der Waals surface area (Å²) < 4.78 is 6.48. The summed E-state index contributed by atoms with van der Waals surface area (Å²) in [6.07, 6.45) is 1.09. The molecule has 10 heteroatoms. The predicted octanol–water partition coefficient (Wildman–Crippen LogP) is 3.36. The van der Waals surface area contributed by atoms with Gasteiger partial charge in [-0.2, -0.15) is 0 Å². The van der Waals surface area contributed by atoms with Crippen LogP contribution in [0.5, 0.6) is 0 Å². The number of esters is 1. The molecule has 26 heavy (non-hydrogen) atoms. The Hall–Kier alpha value is -1.91. The lowest BCUT2D eigenvalue weighted by Crippen LogP contribution is -2.12. The second-order valence-electron chi connectivity index (χ2n) is 5.21. The van der Waals surface area contributed by atoms with Crippen LogP contribution in [0.2, 0.25) is 0 Å². The Bertz CT molecular complexity index is 986. The van der Waals surface area contributed by atoms with Crippen LogP contribution in [0.15, 0.2) is 31.7 Å². The number of nitrogens with one attached hydrogen (secondary N) is 1. The number of aromatic amines is 1. The molecular weight excluding hydrogens is 392 g/mol. The first kappa shape index (κ1) is 18.9. The zero-order valence-electron chi connectivity index (χ0n) is 14.1. The quantitative estimate of drug-likeness (QED) is 0.469. The van der Waals surface area contributed by atoms with Gasteiger partial charge in [0.05, 0.1) is 29.3 Å². The van der Waals surface area contributed by atoms with Crippen molar-refractivity contribution < 1.29 is 9.53 Å². The number of thioether (sulfide) groups is 2. The van der Waals surface area contributed by atoms with Crippen molar-refractivity contribution in [3.05, 3.63) is 39.9 Å². The molecule has 0 amide bonds. The summed E-state index contributed by atoms with van der Waals surface area (Å²) in [6.45, 7) is 2.12. The van der Waals surface area contributed by atoms with E-state index in [1.165, 1.54) is 30.2 Å². The zero-order chi connectivity index (χ0) is 18.5. The van der Waals surface area contributed by atoms with Gasteiger partial charge < -0.3 is 9.72 Å². The normalized spacial score (nSPS) is 11.0. The van der Waals surface area contributed by atoms with Gasteiger partial charge in [0.2, 0.25) is 0 Å². The molecule has 1 aromatic carbocycles. The third kappa shape index (κ3) is 4.43. The Morgan fingerprint density at radius 3 is 2.77 bits per heavy atom. The van der Waals surface area contributed by atoms with E-state index in [0.29, 0.717) is 28.0 Å². The number of benzene rings is 1. The molecule has 0 fully saturated rings. The first-order valence-corrected chi connectivity index (χ1v) is 10.6. The largest absolute Gasteiger partial charge is 0.465 e. The van der Waals surface area contributed by atoms with Gasteiger partial charge in [-0.25, -0.2) is 9.78 Å². The van der Waals surface area contributed by atoms with E-state index in [4.69, 9.17) is 4.74 Å². The summed E-state index contributed by atoms with van der Waals surface area (Å²) in [5, 5.41) is 8.72. The molecule has 7 nitrogen and oxygen atoms in total. The molecule has 0 aliphatic carbocycles. The number of nitrogens with zero attached hydrogens (tertiary/aromatic N) is 3. The lowest BCUT2D eigenvalue weighted by Gasteiger charge is -2.04. The number of H-pyrrole nitrogens is 1. The van der Waals surface area contributed by atoms with Gasteiger partial charge in [0.25, 0.3) is 5.56 Å². The van der Waals surface area contributed by atoms with Crippen molar-refractivity contribution in [2.45, 2.75) is 27.8 Å². The Morgan fingerprint density at radius 2 is 2.04 bits per heavy atom. The van der Waals surface area contributed by atoms with Crippen molar-refractivity contribution in [1.29, 1.82) is 0 Å². The second-order valence-corrected chi connectivity index (χ2v) is 8.75. The van der Waals surface area contributed by atoms with Crippen molar-refractivity contribution in [1.82, 2.24) is 20.2 Å². The summed E-state index contributed by atoms with van der Waals surface area (Å²) in [4.78, 5) is 31.1. The molecule has 0 saturated heterocycles. The standard InChI is InChI=1S/C16H16N4O3S3/c1-3-6-24-15-19-20-16(26-15)25-8-12-17-11-7-9(14(22)23-2)4-5-10(11)13(21)18-12/h4-5,7H,3,6,8H2,1-2H3,(H,17,18,21). The first-order valence-electron chi connectivity index (χ1n) is 7.81. The van der Waals surface area contributed by atoms with E-state index < -0.39 is 5.97 Å². The molecule has 3 aromatic rings. The first-order chi connectivity index (χ1) is 12.6. The minimum absolute atomic E-state index is 0.238. The van der Waals surface area contributed by atoms with Gasteiger partial charge in [-0.3, -0.25) is 4.79 Å². The van der Waals surface area contributed by atoms with Gasteiger partial charge in [0, 0.05) is 5.75 Å². The Labute approximate surface area is 162 Å². The molecule has 0 unspecified atom stereocenters. The molecule has 1 N–H and O–H groups in total. The topological polar surface area (TPSA) is 97.8 Å². The SMILES string of the molecule is CCCSc1nnc(SCc2nc3cc(C(=O)OC)ccc3c(=O)[nH]2)s1. The van der Waals surface area contributed by atoms with E-state index >= 15 is 0 Å². The Morgan fingerprint density at radius 1 is 1.27 bits per heavy atom. The Kier molecular flexibility index (Phi) is 6.28. The minimum Gasteiger partial charge on any atom is -0.465 e. The molecule has 0 saturated carbocycles. The number of hydrogen-bond acceptors (Lipinski definition) is 9. The summed E-state index contributed by atoms with van der Waals surface area (Å²) in [7, 11) is 1.31. The van der Waals surface area contributed by atoms with Crippen molar-refractivity contribution in [3.63, 3.8) is 0 Å². The number of carbonyl (C=O) groups excluding carboxylic acids is 1. The van der Waals surface area contributed by atoms with Crippen LogP contribution in [0.4, 0.5) is 0 Å². The molecular formula is C16H16N4O3S3. The molecule has 0 radical (unpaired) electrons. The van der Waals surface area contributed by atoms with Gasteiger partial charge in [-0.1, -0.05) is 41.8 Å². The van der Waals surface area contributed by atoms with Crippen molar-refractivity contribution in [2.75, 3.05) is 12.9 Å². The van der Waals surface area contributed by atoms with Crippen LogP contribution in [-0.2, 0) is 10.5 Å². The number of ether oxygens (including phenoxy) is 1. The van der Waals surface area contributed by atoms with Gasteiger partial charge in [-0.15, -0.1) is 10.2 Å². The van der Waals surface area contributed by atoms with E-state index in [2.05, 4.69) is 27.1 Å². The van der Waals surface area contributed by atoms with Crippen LogP contribution in [0.25, 0.3) is 10.9 Å². The molecule has 0 atom stereocenters. The van der Waals surface area contributed by atoms with Crippen LogP contribution >= 0.6 is 34.9 Å². The summed E-state index contributed by atoms with van der Waals surface area (Å²) >= 11 is 4.69. The van der Waals surface area contributed by atoms with Crippen LogP contribution in [-0.4, -0.2) is 39.0 Å². The molecule has 0 aliphatic heterocycles. The van der Waals surface area contributed by atoms with E-state index in [9.17, 15) is 9.59 Å². The molecule has 0 bridgehead atoms. The van der Waals surface area contributed by atoms with E-state index in [-0.39, 0.29) is 5.56 Å². The fraction of sp³-hybridized carbons (Fsp3) is 0.312. The van der Waals surface area contributed by atoms with Crippen molar-refractivity contribution in [3.8, 4) is 0 Å². The maximum absolute atomic E-state index is 12.2. The zero-order valence-corrected chi connectivity index (χ0v) is 16.6. The van der Waals surface area contributed by atoms with Gasteiger partial charge in [0.15, 0.2) is 8.68 Å². The van der Waals surface area contributed by atoms with Crippen LogP contribution in [0.3, 0.4) is 0 Å². The number of hydrogen-bond donors (Lipinski definition) is 1. The highest BCUT2D eigenvalue weighted by atomic mass is 32.2. The molecule has 0 aliphatic rings. The fourth-order valence-electron chi connectivity index (χ4n) is 2.13.